The number of carbonyl (C=O) groups is 1. The van der Waals surface area contributed by atoms with E-state index in [2.05, 4.69) is 15.1 Å². The molecule has 0 unspecified atom stereocenters. The van der Waals surface area contributed by atoms with Crippen LogP contribution in [0.4, 0.5) is 0 Å². The number of hydrazone groups is 1. The van der Waals surface area contributed by atoms with Crippen molar-refractivity contribution >= 4 is 23.7 Å². The van der Waals surface area contributed by atoms with Crippen LogP contribution in [-0.4, -0.2) is 16.7 Å². The summed E-state index contributed by atoms with van der Waals surface area (Å²) in [4.78, 5) is 10.8. The minimum absolute atomic E-state index is 0.193. The van der Waals surface area contributed by atoms with Gasteiger partial charge in [-0.3, -0.25) is 4.79 Å². The predicted molar refractivity (Wildman–Crippen MR) is 81.7 cm³/mol. The van der Waals surface area contributed by atoms with Crippen molar-refractivity contribution in [1.29, 1.82) is 0 Å². The average molecular weight is 290 g/mol. The van der Waals surface area contributed by atoms with Crippen LogP contribution in [0.25, 0.3) is 5.69 Å². The summed E-state index contributed by atoms with van der Waals surface area (Å²) >= 11 is 6.25. The summed E-state index contributed by atoms with van der Waals surface area (Å²) < 4.78 is 2.07. The molecular formula is C15H16ClN3O. The lowest BCUT2D eigenvalue weighted by Gasteiger charge is -2.11. The zero-order valence-electron chi connectivity index (χ0n) is 11.6. The molecule has 4 nitrogen and oxygen atoms in total. The number of hydrogen-bond donors (Lipinski definition) is 1. The number of hydrogen-bond acceptors (Lipinski definition) is 2. The third-order valence-electron chi connectivity index (χ3n) is 2.99. The fourth-order valence-corrected chi connectivity index (χ4v) is 2.34. The zero-order chi connectivity index (χ0) is 14.7. The normalized spacial score (nSPS) is 11.0. The van der Waals surface area contributed by atoms with Crippen LogP contribution in [0.5, 0.6) is 0 Å². The molecule has 5 heteroatoms. The number of halogens is 1. The van der Waals surface area contributed by atoms with Gasteiger partial charge in [0.2, 0.25) is 5.91 Å². The molecule has 1 heterocycles. The van der Waals surface area contributed by atoms with E-state index in [1.54, 1.807) is 6.21 Å². The molecule has 2 aromatic rings. The first-order valence-corrected chi connectivity index (χ1v) is 6.62. The van der Waals surface area contributed by atoms with Gasteiger partial charge in [-0.15, -0.1) is 0 Å². The van der Waals surface area contributed by atoms with Crippen molar-refractivity contribution in [3.63, 3.8) is 0 Å². The summed E-state index contributed by atoms with van der Waals surface area (Å²) in [6.07, 6.45) is 1.64. The second kappa shape index (κ2) is 5.92. The molecule has 0 bridgehead atoms. The van der Waals surface area contributed by atoms with Crippen molar-refractivity contribution in [2.45, 2.75) is 20.8 Å². The molecule has 104 valence electrons. The first kappa shape index (κ1) is 14.3. The van der Waals surface area contributed by atoms with Gasteiger partial charge in [0, 0.05) is 23.9 Å². The molecule has 2 rings (SSSR count). The molecule has 0 atom stereocenters. The predicted octanol–water partition coefficient (Wildman–Crippen LogP) is 3.22. The maximum absolute atomic E-state index is 10.8. The highest BCUT2D eigenvalue weighted by Gasteiger charge is 2.11. The molecule has 1 N–H and O–H groups in total. The highest BCUT2D eigenvalue weighted by atomic mass is 35.5. The van der Waals surface area contributed by atoms with Crippen LogP contribution in [0.3, 0.4) is 0 Å². The number of aromatic nitrogens is 1. The Balaban J connectivity index is 2.42. The van der Waals surface area contributed by atoms with Gasteiger partial charge in [-0.25, -0.2) is 5.43 Å². The van der Waals surface area contributed by atoms with Gasteiger partial charge in [-0.1, -0.05) is 23.7 Å². The maximum atomic E-state index is 10.8. The highest BCUT2D eigenvalue weighted by molar-refractivity contribution is 6.32. The number of nitrogens with zero attached hydrogens (tertiary/aromatic N) is 2. The van der Waals surface area contributed by atoms with E-state index in [-0.39, 0.29) is 5.91 Å². The van der Waals surface area contributed by atoms with E-state index in [0.717, 1.165) is 22.6 Å². The van der Waals surface area contributed by atoms with Crippen molar-refractivity contribution < 1.29 is 4.79 Å². The summed E-state index contributed by atoms with van der Waals surface area (Å²) in [5.41, 5.74) is 6.34. The van der Waals surface area contributed by atoms with E-state index in [1.807, 2.05) is 44.2 Å². The SMILES string of the molecule is CC(=O)N/N=C/c1cc(C)n(-c2ccccc2Cl)c1C. The monoisotopic (exact) mass is 289 g/mol. The molecule has 0 aliphatic rings. The number of rotatable bonds is 3. The molecule has 0 radical (unpaired) electrons. The minimum atomic E-state index is -0.193. The molecule has 0 aliphatic carbocycles. The Labute approximate surface area is 123 Å². The van der Waals surface area contributed by atoms with Gasteiger partial charge in [0.25, 0.3) is 0 Å². The Kier molecular flexibility index (Phi) is 4.25. The topological polar surface area (TPSA) is 46.4 Å². The summed E-state index contributed by atoms with van der Waals surface area (Å²) in [7, 11) is 0. The minimum Gasteiger partial charge on any atom is -0.316 e. The molecule has 1 aromatic carbocycles. The van der Waals surface area contributed by atoms with Crippen molar-refractivity contribution in [3.05, 3.63) is 52.3 Å². The number of carbonyl (C=O) groups excluding carboxylic acids is 1. The van der Waals surface area contributed by atoms with Crippen LogP contribution < -0.4 is 5.43 Å². The van der Waals surface area contributed by atoms with E-state index < -0.39 is 0 Å². The van der Waals surface area contributed by atoms with Gasteiger partial charge in [0.15, 0.2) is 0 Å². The third kappa shape index (κ3) is 2.91. The largest absolute Gasteiger partial charge is 0.316 e. The third-order valence-corrected chi connectivity index (χ3v) is 3.31. The van der Waals surface area contributed by atoms with Gasteiger partial charge in [-0.05, 0) is 32.0 Å². The number of para-hydroxylation sites is 1. The summed E-state index contributed by atoms with van der Waals surface area (Å²) in [5.74, 6) is -0.193. The molecular weight excluding hydrogens is 274 g/mol. The molecule has 0 aliphatic heterocycles. The molecule has 1 amide bonds. The quantitative estimate of drug-likeness (QED) is 0.684. The first-order valence-electron chi connectivity index (χ1n) is 6.24. The maximum Gasteiger partial charge on any atom is 0.236 e. The molecule has 20 heavy (non-hydrogen) atoms. The Hall–Kier alpha value is -2.07. The fourth-order valence-electron chi connectivity index (χ4n) is 2.11. The van der Waals surface area contributed by atoms with Crippen molar-refractivity contribution in [1.82, 2.24) is 9.99 Å². The van der Waals surface area contributed by atoms with E-state index in [9.17, 15) is 4.79 Å². The van der Waals surface area contributed by atoms with E-state index >= 15 is 0 Å². The molecule has 1 aromatic heterocycles. The average Bonchev–Trinajstić information content (AvgIpc) is 2.65. The van der Waals surface area contributed by atoms with E-state index in [4.69, 9.17) is 11.6 Å². The second-order valence-corrected chi connectivity index (χ2v) is 4.95. The number of nitrogens with one attached hydrogen (secondary N) is 1. The standard InChI is InChI=1S/C15H16ClN3O/c1-10-8-13(9-17-18-12(3)20)11(2)19(10)15-7-5-4-6-14(15)16/h4-9H,1-3H3,(H,18,20)/b17-9+. The van der Waals surface area contributed by atoms with Crippen LogP contribution in [0.15, 0.2) is 35.4 Å². The summed E-state index contributed by atoms with van der Waals surface area (Å²) in [6.45, 7) is 5.42. The van der Waals surface area contributed by atoms with Gasteiger partial charge >= 0.3 is 0 Å². The van der Waals surface area contributed by atoms with Crippen LogP contribution in [-0.2, 0) is 4.79 Å². The van der Waals surface area contributed by atoms with Gasteiger partial charge in [0.05, 0.1) is 16.9 Å². The van der Waals surface area contributed by atoms with Crippen LogP contribution in [0.1, 0.15) is 23.9 Å². The molecule has 0 saturated heterocycles. The Morgan fingerprint density at radius 2 is 2.05 bits per heavy atom. The van der Waals surface area contributed by atoms with Gasteiger partial charge < -0.3 is 4.57 Å². The Morgan fingerprint density at radius 3 is 2.70 bits per heavy atom. The summed E-state index contributed by atoms with van der Waals surface area (Å²) in [5, 5.41) is 4.60. The van der Waals surface area contributed by atoms with Crippen LogP contribution >= 0.6 is 11.6 Å². The molecule has 0 spiro atoms. The van der Waals surface area contributed by atoms with Crippen LogP contribution in [0.2, 0.25) is 5.02 Å². The van der Waals surface area contributed by atoms with E-state index in [1.165, 1.54) is 6.92 Å². The highest BCUT2D eigenvalue weighted by Crippen LogP contribution is 2.25. The van der Waals surface area contributed by atoms with Crippen molar-refractivity contribution in [2.24, 2.45) is 5.10 Å². The lowest BCUT2D eigenvalue weighted by atomic mass is 10.2. The van der Waals surface area contributed by atoms with Crippen molar-refractivity contribution in [3.8, 4) is 5.69 Å². The molecule has 0 fully saturated rings. The Bertz CT molecular complexity index is 674. The van der Waals surface area contributed by atoms with Gasteiger partial charge in [-0.2, -0.15) is 5.10 Å². The zero-order valence-corrected chi connectivity index (χ0v) is 12.4. The molecule has 0 saturated carbocycles. The number of benzene rings is 1. The fraction of sp³-hybridized carbons (Fsp3) is 0.200. The Morgan fingerprint density at radius 1 is 1.35 bits per heavy atom. The summed E-state index contributed by atoms with van der Waals surface area (Å²) in [6, 6.07) is 9.69. The lowest BCUT2D eigenvalue weighted by molar-refractivity contribution is -0.118. The van der Waals surface area contributed by atoms with E-state index in [0.29, 0.717) is 5.02 Å². The lowest BCUT2D eigenvalue weighted by Crippen LogP contribution is -2.12. The first-order chi connectivity index (χ1) is 9.50. The van der Waals surface area contributed by atoms with Crippen molar-refractivity contribution in [2.75, 3.05) is 0 Å². The number of aryl methyl sites for hydroxylation is 1. The number of amides is 1. The smallest absolute Gasteiger partial charge is 0.236 e. The van der Waals surface area contributed by atoms with Gasteiger partial charge in [0.1, 0.15) is 0 Å². The second-order valence-electron chi connectivity index (χ2n) is 4.54. The van der Waals surface area contributed by atoms with Crippen LogP contribution in [0, 0.1) is 13.8 Å².